The third-order valence-electron chi connectivity index (χ3n) is 0.156. The average molecular weight is 185 g/mol. The Bertz CT molecular complexity index is 157. The molecular weight excluding hydrogens is 177 g/mol. The van der Waals surface area contributed by atoms with Crippen molar-refractivity contribution < 1.29 is 14.4 Å². The van der Waals surface area contributed by atoms with E-state index in [1.54, 1.807) is 0 Å². The maximum absolute atomic E-state index is 9.10. The zero-order valence-corrected chi connectivity index (χ0v) is 6.68. The topological polar surface area (TPSA) is 122 Å². The lowest BCUT2D eigenvalue weighted by atomic mass is 11.2. The monoisotopic (exact) mass is 185 g/mol. The normalized spacial score (nSPS) is 9.10. The molecule has 6 N–H and O–H groups in total. The van der Waals surface area contributed by atoms with Gasteiger partial charge in [-0.2, -0.15) is 0 Å². The summed E-state index contributed by atoms with van der Waals surface area (Å²) in [5.41, 5.74) is 8.81. The van der Waals surface area contributed by atoms with E-state index < -0.39 is 7.75 Å². The maximum Gasteiger partial charge on any atom is 0.397 e. The van der Waals surface area contributed by atoms with Crippen LogP contribution in [0.3, 0.4) is 0 Å². The minimum absolute atomic E-state index is 0.102. The van der Waals surface area contributed by atoms with Crippen LogP contribution in [0.4, 0.5) is 0 Å². The Morgan fingerprint density at radius 3 is 1.80 bits per heavy atom. The van der Waals surface area contributed by atoms with Crippen molar-refractivity contribution in [2.45, 2.75) is 0 Å². The first-order chi connectivity index (χ1) is 4.27. The van der Waals surface area contributed by atoms with Crippen molar-refractivity contribution >= 4 is 31.8 Å². The summed E-state index contributed by atoms with van der Waals surface area (Å²) in [6.07, 6.45) is 0. The summed E-state index contributed by atoms with van der Waals surface area (Å²) in [5, 5.41) is 0.102. The molecule has 0 bridgehead atoms. The van der Waals surface area contributed by atoms with Gasteiger partial charge in [0.15, 0.2) is 5.11 Å². The number of rotatable bonds is 0. The molecule has 6 nitrogen and oxygen atoms in total. The van der Waals surface area contributed by atoms with Crippen LogP contribution >= 0.6 is 20.0 Å². The Kier molecular flexibility index (Phi) is 6.74. The highest BCUT2D eigenvalue weighted by molar-refractivity contribution is 7.80. The lowest BCUT2D eigenvalue weighted by molar-refractivity contribution is 0.374. The Hall–Kier alpha value is -0.330. The first kappa shape index (κ1) is 12.4. The second-order valence-electron chi connectivity index (χ2n) is 1.09. The van der Waals surface area contributed by atoms with Crippen molar-refractivity contribution in [1.82, 2.24) is 0 Å². The van der Waals surface area contributed by atoms with Crippen molar-refractivity contribution in [3.8, 4) is 0 Å². The highest BCUT2D eigenvalue weighted by Gasteiger charge is 1.96. The molecule has 0 aromatic heterocycles. The molecule has 0 aromatic rings. The molecule has 8 heteroatoms. The Morgan fingerprint density at radius 1 is 1.70 bits per heavy atom. The number of thiocarbonyl (C=S) groups is 1. The van der Waals surface area contributed by atoms with Gasteiger partial charge in [0, 0.05) is 0 Å². The molecule has 0 radical (unpaired) electrons. The second-order valence-corrected chi connectivity index (χ2v) is 2.68. The van der Waals surface area contributed by atoms with Crippen molar-refractivity contribution in [2.24, 2.45) is 16.2 Å². The SMILES string of the molecule is C=NC(N)=S.NP(=O)(O)O. The quantitative estimate of drug-likeness (QED) is 0.217. The molecule has 60 valence electrons. The van der Waals surface area contributed by atoms with Crippen LogP contribution in [0.2, 0.25) is 0 Å². The van der Waals surface area contributed by atoms with Gasteiger partial charge < -0.3 is 15.5 Å². The molecule has 0 rings (SSSR count). The summed E-state index contributed by atoms with van der Waals surface area (Å²) in [6.45, 7) is 3.04. The van der Waals surface area contributed by atoms with Crippen LogP contribution in [-0.2, 0) is 4.57 Å². The smallest absolute Gasteiger partial charge is 0.374 e. The molecular formula is C2H8N3O3PS. The van der Waals surface area contributed by atoms with Crippen molar-refractivity contribution in [1.29, 1.82) is 0 Å². The third kappa shape index (κ3) is 122. The van der Waals surface area contributed by atoms with Crippen LogP contribution in [0.1, 0.15) is 0 Å². The zero-order valence-electron chi connectivity index (χ0n) is 4.97. The van der Waals surface area contributed by atoms with Crippen molar-refractivity contribution in [3.63, 3.8) is 0 Å². The van der Waals surface area contributed by atoms with Crippen LogP contribution in [-0.4, -0.2) is 21.6 Å². The second kappa shape index (κ2) is 5.45. The number of nitrogens with zero attached hydrogens (tertiary/aromatic N) is 1. The van der Waals surface area contributed by atoms with E-state index in [2.05, 4.69) is 29.4 Å². The van der Waals surface area contributed by atoms with Gasteiger partial charge in [0.25, 0.3) is 0 Å². The number of nitrogens with two attached hydrogens (primary N) is 2. The van der Waals surface area contributed by atoms with Gasteiger partial charge in [-0.25, -0.2) is 15.1 Å². The fraction of sp³-hybridized carbons (Fsp3) is 0. The highest BCUT2D eigenvalue weighted by Crippen LogP contribution is 2.20. The van der Waals surface area contributed by atoms with E-state index in [1.165, 1.54) is 0 Å². The summed E-state index contributed by atoms with van der Waals surface area (Å²) < 4.78 is 9.10. The summed E-state index contributed by atoms with van der Waals surface area (Å²) >= 11 is 4.25. The van der Waals surface area contributed by atoms with Crippen molar-refractivity contribution in [2.75, 3.05) is 0 Å². The maximum atomic E-state index is 9.10. The molecule has 0 unspecified atom stereocenters. The third-order valence-corrected chi connectivity index (χ3v) is 0.285. The van der Waals surface area contributed by atoms with E-state index in [-0.39, 0.29) is 5.11 Å². The van der Waals surface area contributed by atoms with Gasteiger partial charge in [-0.1, -0.05) is 0 Å². The Morgan fingerprint density at radius 2 is 1.80 bits per heavy atom. The summed E-state index contributed by atoms with van der Waals surface area (Å²) in [7, 11) is -4.14. The molecule has 0 aliphatic carbocycles. The first-order valence-corrected chi connectivity index (χ1v) is 3.96. The number of aliphatic imine (C=N–C) groups is 1. The van der Waals surface area contributed by atoms with Gasteiger partial charge >= 0.3 is 7.75 Å². The minimum atomic E-state index is -4.14. The summed E-state index contributed by atoms with van der Waals surface area (Å²) in [4.78, 5) is 18.0. The molecule has 0 aromatic carbocycles. The predicted octanol–water partition coefficient (Wildman–Crippen LogP) is -1.03. The Labute approximate surface area is 63.2 Å². The van der Waals surface area contributed by atoms with Gasteiger partial charge in [-0.3, -0.25) is 0 Å². The standard InChI is InChI=1S/C2H4N2S.H4NO3P/c1-4-2(3)5;1-5(2,3)4/h1H2,(H2,3,5);(H4,1,2,3,4). The molecule has 10 heavy (non-hydrogen) atoms. The van der Waals surface area contributed by atoms with E-state index in [4.69, 9.17) is 20.1 Å². The van der Waals surface area contributed by atoms with Crippen LogP contribution in [0.15, 0.2) is 4.99 Å². The minimum Gasteiger partial charge on any atom is -0.374 e. The van der Waals surface area contributed by atoms with E-state index in [0.29, 0.717) is 0 Å². The van der Waals surface area contributed by atoms with Crippen LogP contribution in [0.5, 0.6) is 0 Å². The fourth-order valence-corrected chi connectivity index (χ4v) is 0. The fourth-order valence-electron chi connectivity index (χ4n) is 0. The summed E-state index contributed by atoms with van der Waals surface area (Å²) in [6, 6.07) is 0. The molecule has 0 aliphatic heterocycles. The van der Waals surface area contributed by atoms with Gasteiger partial charge in [-0.05, 0) is 18.9 Å². The molecule has 0 saturated carbocycles. The van der Waals surface area contributed by atoms with Gasteiger partial charge in [0.2, 0.25) is 0 Å². The average Bonchev–Trinajstić information content (AvgIpc) is 1.61. The zero-order chi connectivity index (χ0) is 8.78. The van der Waals surface area contributed by atoms with Gasteiger partial charge in [0.1, 0.15) is 0 Å². The van der Waals surface area contributed by atoms with E-state index in [9.17, 15) is 0 Å². The highest BCUT2D eigenvalue weighted by atomic mass is 32.1. The predicted molar refractivity (Wildman–Crippen MR) is 42.6 cm³/mol. The van der Waals surface area contributed by atoms with E-state index in [0.717, 1.165) is 0 Å². The molecule has 0 heterocycles. The molecule has 0 saturated heterocycles. The molecule has 0 aliphatic rings. The van der Waals surface area contributed by atoms with Crippen molar-refractivity contribution in [3.05, 3.63) is 0 Å². The van der Waals surface area contributed by atoms with Gasteiger partial charge in [-0.15, -0.1) is 0 Å². The largest absolute Gasteiger partial charge is 0.397 e. The lowest BCUT2D eigenvalue weighted by Gasteiger charge is -1.84. The van der Waals surface area contributed by atoms with Gasteiger partial charge in [0.05, 0.1) is 0 Å². The van der Waals surface area contributed by atoms with Crippen LogP contribution in [0.25, 0.3) is 0 Å². The van der Waals surface area contributed by atoms with E-state index in [1.807, 2.05) is 0 Å². The Balaban J connectivity index is 0. The van der Waals surface area contributed by atoms with Crippen LogP contribution in [0, 0.1) is 0 Å². The first-order valence-electron chi connectivity index (χ1n) is 1.87. The molecule has 0 atom stereocenters. The molecule has 0 amide bonds. The number of hydrogen-bond donors (Lipinski definition) is 4. The molecule has 0 fully saturated rings. The molecule has 0 spiro atoms. The van der Waals surface area contributed by atoms with E-state index >= 15 is 0 Å². The van der Waals surface area contributed by atoms with Crippen LogP contribution < -0.4 is 11.2 Å². The number of hydrogen-bond acceptors (Lipinski definition) is 2. The lowest BCUT2D eigenvalue weighted by Crippen LogP contribution is -2.01. The summed E-state index contributed by atoms with van der Waals surface area (Å²) in [5.74, 6) is 0.